The average Bonchev–Trinajstić information content (AvgIpc) is 2.60. The second-order valence-corrected chi connectivity index (χ2v) is 7.58. The molecule has 1 aliphatic rings. The van der Waals surface area contributed by atoms with Gasteiger partial charge in [0, 0.05) is 29.2 Å². The van der Waals surface area contributed by atoms with E-state index in [9.17, 15) is 9.90 Å². The van der Waals surface area contributed by atoms with Crippen LogP contribution in [0.2, 0.25) is 0 Å². The maximum atomic E-state index is 12.2. The summed E-state index contributed by atoms with van der Waals surface area (Å²) in [5, 5.41) is 19.2. The molecule has 0 aliphatic heterocycles. The van der Waals surface area contributed by atoms with Crippen molar-refractivity contribution in [1.29, 1.82) is 0 Å². The first-order chi connectivity index (χ1) is 12.5. The summed E-state index contributed by atoms with van der Waals surface area (Å²) in [4.78, 5) is 16.7. The van der Waals surface area contributed by atoms with Crippen molar-refractivity contribution in [2.24, 2.45) is 4.99 Å². The summed E-state index contributed by atoms with van der Waals surface area (Å²) in [5.41, 5.74) is 1.85. The molecule has 1 fully saturated rings. The van der Waals surface area contributed by atoms with Crippen molar-refractivity contribution >= 4 is 57.5 Å². The highest BCUT2D eigenvalue weighted by molar-refractivity contribution is 14.0. The number of halogens is 2. The van der Waals surface area contributed by atoms with Gasteiger partial charge in [-0.2, -0.15) is 0 Å². The molecule has 1 saturated carbocycles. The van der Waals surface area contributed by atoms with Crippen LogP contribution >= 0.6 is 39.9 Å². The van der Waals surface area contributed by atoms with Crippen molar-refractivity contribution in [2.75, 3.05) is 18.4 Å². The Bertz CT molecular complexity index is 634. The van der Waals surface area contributed by atoms with E-state index in [4.69, 9.17) is 0 Å². The molecule has 0 saturated heterocycles. The number of aliphatic imine (C=N–C) groups is 1. The van der Waals surface area contributed by atoms with Crippen LogP contribution in [0.25, 0.3) is 0 Å². The fourth-order valence-corrected chi connectivity index (χ4v) is 3.31. The van der Waals surface area contributed by atoms with Crippen molar-refractivity contribution in [3.8, 4) is 0 Å². The van der Waals surface area contributed by atoms with Gasteiger partial charge in [-0.1, -0.05) is 22.0 Å². The molecule has 0 atom stereocenters. The number of rotatable bonds is 6. The zero-order valence-corrected chi connectivity index (χ0v) is 19.8. The molecule has 4 N–H and O–H groups in total. The number of anilines is 1. The summed E-state index contributed by atoms with van der Waals surface area (Å²) < 4.78 is 0.938. The molecule has 2 rings (SSSR count). The summed E-state index contributed by atoms with van der Waals surface area (Å²) in [6, 6.07) is 6.15. The Morgan fingerprint density at radius 3 is 2.67 bits per heavy atom. The standard InChI is InChI=1S/C19H29BrN4O2.HI/c1-3-21-19(23-15-6-8-16(25)9-7-15)22-11-10-18(26)24-17-12-14(20)5-4-13(17)2;/h4-5,12,15-16,25H,3,6-11H2,1-2H3,(H,24,26)(H2,21,22,23);1H. The summed E-state index contributed by atoms with van der Waals surface area (Å²) in [6.07, 6.45) is 3.68. The van der Waals surface area contributed by atoms with Crippen molar-refractivity contribution in [3.05, 3.63) is 28.2 Å². The fraction of sp³-hybridized carbons (Fsp3) is 0.579. The molecule has 0 radical (unpaired) electrons. The minimum Gasteiger partial charge on any atom is -0.393 e. The number of carbonyl (C=O) groups excluding carboxylic acids is 1. The second-order valence-electron chi connectivity index (χ2n) is 6.67. The Kier molecular flexibility index (Phi) is 11.2. The molecule has 6 nitrogen and oxygen atoms in total. The maximum Gasteiger partial charge on any atom is 0.226 e. The van der Waals surface area contributed by atoms with E-state index in [1.165, 1.54) is 0 Å². The molecule has 8 heteroatoms. The molecule has 0 spiro atoms. The van der Waals surface area contributed by atoms with Crippen molar-refractivity contribution in [2.45, 2.75) is 58.1 Å². The molecular formula is C19H30BrIN4O2. The van der Waals surface area contributed by atoms with Crippen LogP contribution in [0.5, 0.6) is 0 Å². The average molecular weight is 553 g/mol. The normalized spacial score (nSPS) is 19.8. The van der Waals surface area contributed by atoms with Gasteiger partial charge in [-0.05, 0) is 57.2 Å². The highest BCUT2D eigenvalue weighted by atomic mass is 127. The molecule has 1 amide bonds. The van der Waals surface area contributed by atoms with E-state index < -0.39 is 0 Å². The van der Waals surface area contributed by atoms with Gasteiger partial charge in [0.05, 0.1) is 12.6 Å². The first-order valence-corrected chi connectivity index (χ1v) is 10.1. The van der Waals surface area contributed by atoms with Crippen LogP contribution in [-0.2, 0) is 4.79 Å². The number of hydrogen-bond donors (Lipinski definition) is 4. The third-order valence-corrected chi connectivity index (χ3v) is 4.96. The monoisotopic (exact) mass is 552 g/mol. The number of carbonyl (C=O) groups is 1. The van der Waals surface area contributed by atoms with E-state index in [0.29, 0.717) is 19.0 Å². The number of aliphatic hydroxyl groups excluding tert-OH is 1. The molecule has 27 heavy (non-hydrogen) atoms. The Labute approximate surface area is 187 Å². The summed E-state index contributed by atoms with van der Waals surface area (Å²) in [7, 11) is 0. The van der Waals surface area contributed by atoms with Crippen molar-refractivity contribution < 1.29 is 9.90 Å². The molecule has 1 aromatic rings. The molecule has 1 aromatic carbocycles. The van der Waals surface area contributed by atoms with Gasteiger partial charge in [0.2, 0.25) is 5.91 Å². The lowest BCUT2D eigenvalue weighted by Gasteiger charge is -2.27. The van der Waals surface area contributed by atoms with Crippen LogP contribution < -0.4 is 16.0 Å². The second kappa shape index (κ2) is 12.6. The van der Waals surface area contributed by atoms with Crippen LogP contribution in [0.4, 0.5) is 5.69 Å². The zero-order valence-electron chi connectivity index (χ0n) is 15.9. The number of guanidine groups is 1. The van der Waals surface area contributed by atoms with E-state index >= 15 is 0 Å². The lowest BCUT2D eigenvalue weighted by molar-refractivity contribution is -0.116. The van der Waals surface area contributed by atoms with E-state index in [2.05, 4.69) is 36.9 Å². The number of hydrogen-bond acceptors (Lipinski definition) is 3. The summed E-state index contributed by atoms with van der Waals surface area (Å²) in [6.45, 7) is 5.17. The molecule has 152 valence electrons. The van der Waals surface area contributed by atoms with Crippen LogP contribution in [0, 0.1) is 6.92 Å². The molecule has 1 aliphatic carbocycles. The van der Waals surface area contributed by atoms with Gasteiger partial charge in [-0.15, -0.1) is 24.0 Å². The highest BCUT2D eigenvalue weighted by Gasteiger charge is 2.19. The quantitative estimate of drug-likeness (QED) is 0.247. The highest BCUT2D eigenvalue weighted by Crippen LogP contribution is 2.21. The van der Waals surface area contributed by atoms with Gasteiger partial charge in [-0.3, -0.25) is 9.79 Å². The van der Waals surface area contributed by atoms with E-state index in [-0.39, 0.29) is 36.0 Å². The van der Waals surface area contributed by atoms with Gasteiger partial charge >= 0.3 is 0 Å². The van der Waals surface area contributed by atoms with Crippen LogP contribution in [-0.4, -0.2) is 42.2 Å². The Morgan fingerprint density at radius 2 is 2.00 bits per heavy atom. The number of amides is 1. The van der Waals surface area contributed by atoms with Crippen LogP contribution in [0.1, 0.15) is 44.6 Å². The summed E-state index contributed by atoms with van der Waals surface area (Å²) in [5.74, 6) is 0.687. The molecule has 0 aromatic heterocycles. The Hall–Kier alpha value is -0.870. The molecule has 0 heterocycles. The van der Waals surface area contributed by atoms with Gasteiger partial charge in [0.25, 0.3) is 0 Å². The Morgan fingerprint density at radius 1 is 1.30 bits per heavy atom. The number of aliphatic hydroxyl groups is 1. The molecule has 0 unspecified atom stereocenters. The van der Waals surface area contributed by atoms with E-state index in [1.54, 1.807) is 0 Å². The largest absolute Gasteiger partial charge is 0.393 e. The molecular weight excluding hydrogens is 523 g/mol. The van der Waals surface area contributed by atoms with E-state index in [0.717, 1.165) is 53.9 Å². The first kappa shape index (κ1) is 24.2. The minimum absolute atomic E-state index is 0. The topological polar surface area (TPSA) is 85.8 Å². The zero-order chi connectivity index (χ0) is 18.9. The van der Waals surface area contributed by atoms with Gasteiger partial charge in [0.15, 0.2) is 5.96 Å². The number of nitrogens with one attached hydrogen (secondary N) is 3. The van der Waals surface area contributed by atoms with Crippen LogP contribution in [0.15, 0.2) is 27.7 Å². The van der Waals surface area contributed by atoms with E-state index in [1.807, 2.05) is 32.0 Å². The van der Waals surface area contributed by atoms with Gasteiger partial charge < -0.3 is 21.1 Å². The Balaban J connectivity index is 0.00000364. The number of benzene rings is 1. The van der Waals surface area contributed by atoms with Gasteiger partial charge in [-0.25, -0.2) is 0 Å². The number of aryl methyl sites for hydroxylation is 1. The predicted molar refractivity (Wildman–Crippen MR) is 125 cm³/mol. The predicted octanol–water partition coefficient (Wildman–Crippen LogP) is 3.56. The third-order valence-electron chi connectivity index (χ3n) is 4.46. The third kappa shape index (κ3) is 8.78. The number of nitrogens with zero attached hydrogens (tertiary/aromatic N) is 1. The lowest BCUT2D eigenvalue weighted by atomic mass is 9.93. The summed E-state index contributed by atoms with van der Waals surface area (Å²) >= 11 is 3.42. The lowest BCUT2D eigenvalue weighted by Crippen LogP contribution is -2.45. The smallest absolute Gasteiger partial charge is 0.226 e. The fourth-order valence-electron chi connectivity index (χ4n) is 2.94. The van der Waals surface area contributed by atoms with Crippen LogP contribution in [0.3, 0.4) is 0 Å². The SMILES string of the molecule is CCNC(=NCCC(=O)Nc1cc(Br)ccc1C)NC1CCC(O)CC1.I. The van der Waals surface area contributed by atoms with Gasteiger partial charge in [0.1, 0.15) is 0 Å². The minimum atomic E-state index is -0.169. The first-order valence-electron chi connectivity index (χ1n) is 9.27. The van der Waals surface area contributed by atoms with Crippen molar-refractivity contribution in [1.82, 2.24) is 10.6 Å². The van der Waals surface area contributed by atoms with Crippen molar-refractivity contribution in [3.63, 3.8) is 0 Å². The maximum absolute atomic E-state index is 12.2. The molecule has 0 bridgehead atoms.